The predicted octanol–water partition coefficient (Wildman–Crippen LogP) is 2.25. The molecule has 1 aromatic rings. The number of amides is 1. The van der Waals surface area contributed by atoms with E-state index in [0.717, 1.165) is 26.0 Å². The minimum atomic E-state index is -0.0329. The Morgan fingerprint density at radius 3 is 2.59 bits per heavy atom. The molecule has 6 nitrogen and oxygen atoms in total. The maximum absolute atomic E-state index is 11.9. The van der Waals surface area contributed by atoms with Gasteiger partial charge in [-0.2, -0.15) is 0 Å². The number of aliphatic imine (C=N–C) groups is 1. The van der Waals surface area contributed by atoms with Crippen LogP contribution in [-0.4, -0.2) is 51.3 Å². The molecule has 0 saturated heterocycles. The Labute approximate surface area is 163 Å². The van der Waals surface area contributed by atoms with Crippen LogP contribution in [-0.2, 0) is 16.0 Å². The van der Waals surface area contributed by atoms with Crippen molar-refractivity contribution in [3.63, 3.8) is 0 Å². The van der Waals surface area contributed by atoms with Crippen LogP contribution in [0.2, 0.25) is 0 Å². The van der Waals surface area contributed by atoms with Crippen molar-refractivity contribution < 1.29 is 9.53 Å². The molecule has 0 aromatic heterocycles. The topological polar surface area (TPSA) is 74.8 Å². The van der Waals surface area contributed by atoms with E-state index in [1.165, 1.54) is 37.7 Å². The zero-order valence-corrected chi connectivity index (χ0v) is 16.5. The van der Waals surface area contributed by atoms with Crippen LogP contribution in [0.4, 0.5) is 0 Å². The van der Waals surface area contributed by atoms with Crippen molar-refractivity contribution in [2.45, 2.75) is 51.0 Å². The fraction of sp³-hybridized carbons (Fsp3) is 0.619. The highest BCUT2D eigenvalue weighted by Crippen LogP contribution is 2.20. The van der Waals surface area contributed by atoms with Crippen molar-refractivity contribution >= 4 is 11.9 Å². The summed E-state index contributed by atoms with van der Waals surface area (Å²) >= 11 is 0. The molecule has 2 rings (SSSR count). The number of ether oxygens (including phenoxy) is 1. The molecule has 1 aliphatic rings. The Balaban J connectivity index is 1.49. The molecular weight excluding hydrogens is 340 g/mol. The molecule has 0 radical (unpaired) electrons. The zero-order valence-electron chi connectivity index (χ0n) is 16.5. The molecule has 0 atom stereocenters. The van der Waals surface area contributed by atoms with E-state index in [1.54, 1.807) is 7.05 Å². The van der Waals surface area contributed by atoms with E-state index in [2.05, 4.69) is 33.1 Å². The molecule has 0 spiro atoms. The van der Waals surface area contributed by atoms with Crippen molar-refractivity contribution in [3.8, 4) is 0 Å². The third kappa shape index (κ3) is 9.43. The monoisotopic (exact) mass is 374 g/mol. The summed E-state index contributed by atoms with van der Waals surface area (Å²) in [5.74, 6) is 0.611. The molecule has 150 valence electrons. The summed E-state index contributed by atoms with van der Waals surface area (Å²) in [6.45, 7) is 2.40. The first-order chi connectivity index (χ1) is 13.3. The standard InChI is InChI=1S/C21H34N4O2/c1-22-21(24-14-8-16-27-19-11-6-3-7-12-19)25-17-20(26)23-15-13-18-9-4-2-5-10-18/h2,4-5,9-10,19H,3,6-8,11-17H2,1H3,(H,23,26)(H2,22,24,25). The third-order valence-electron chi connectivity index (χ3n) is 4.74. The number of carbonyl (C=O) groups is 1. The summed E-state index contributed by atoms with van der Waals surface area (Å²) < 4.78 is 5.91. The summed E-state index contributed by atoms with van der Waals surface area (Å²) in [5.41, 5.74) is 1.22. The second-order valence-electron chi connectivity index (χ2n) is 6.92. The lowest BCUT2D eigenvalue weighted by Gasteiger charge is -2.22. The van der Waals surface area contributed by atoms with Gasteiger partial charge in [-0.25, -0.2) is 0 Å². The minimum absolute atomic E-state index is 0.0329. The Morgan fingerprint density at radius 2 is 1.85 bits per heavy atom. The molecule has 27 heavy (non-hydrogen) atoms. The first kappa shape index (κ1) is 21.2. The van der Waals surface area contributed by atoms with Crippen molar-refractivity contribution in [1.82, 2.24) is 16.0 Å². The van der Waals surface area contributed by atoms with Crippen LogP contribution >= 0.6 is 0 Å². The van der Waals surface area contributed by atoms with E-state index < -0.39 is 0 Å². The Morgan fingerprint density at radius 1 is 1.07 bits per heavy atom. The average molecular weight is 375 g/mol. The lowest BCUT2D eigenvalue weighted by molar-refractivity contribution is -0.119. The second kappa shape index (κ2) is 13.1. The van der Waals surface area contributed by atoms with E-state index in [0.29, 0.717) is 18.6 Å². The number of hydrogen-bond acceptors (Lipinski definition) is 3. The van der Waals surface area contributed by atoms with Gasteiger partial charge in [0.1, 0.15) is 0 Å². The van der Waals surface area contributed by atoms with E-state index in [1.807, 2.05) is 18.2 Å². The molecule has 0 heterocycles. The maximum atomic E-state index is 11.9. The maximum Gasteiger partial charge on any atom is 0.239 e. The summed E-state index contributed by atoms with van der Waals surface area (Å²) in [6, 6.07) is 10.1. The van der Waals surface area contributed by atoms with Gasteiger partial charge in [0.05, 0.1) is 12.6 Å². The number of benzene rings is 1. The molecule has 1 aliphatic carbocycles. The fourth-order valence-corrected chi connectivity index (χ4v) is 3.20. The molecule has 0 unspecified atom stereocenters. The van der Waals surface area contributed by atoms with Crippen LogP contribution in [0.25, 0.3) is 0 Å². The van der Waals surface area contributed by atoms with Crippen molar-refractivity contribution in [3.05, 3.63) is 35.9 Å². The zero-order chi connectivity index (χ0) is 19.2. The Kier molecular flexibility index (Phi) is 10.3. The van der Waals surface area contributed by atoms with Gasteiger partial charge in [-0.15, -0.1) is 0 Å². The smallest absolute Gasteiger partial charge is 0.239 e. The van der Waals surface area contributed by atoms with E-state index in [-0.39, 0.29) is 12.5 Å². The number of nitrogens with one attached hydrogen (secondary N) is 3. The molecule has 6 heteroatoms. The molecular formula is C21H34N4O2. The number of rotatable bonds is 10. The third-order valence-corrected chi connectivity index (χ3v) is 4.74. The highest BCUT2D eigenvalue weighted by Gasteiger charge is 2.13. The molecule has 3 N–H and O–H groups in total. The molecule has 1 aromatic carbocycles. The highest BCUT2D eigenvalue weighted by atomic mass is 16.5. The van der Waals surface area contributed by atoms with Gasteiger partial charge in [0.15, 0.2) is 5.96 Å². The summed E-state index contributed by atoms with van der Waals surface area (Å²) in [4.78, 5) is 16.1. The van der Waals surface area contributed by atoms with Gasteiger partial charge in [-0.1, -0.05) is 49.6 Å². The molecule has 0 bridgehead atoms. The van der Waals surface area contributed by atoms with E-state index in [9.17, 15) is 4.79 Å². The van der Waals surface area contributed by atoms with Crippen molar-refractivity contribution in [1.29, 1.82) is 0 Å². The van der Waals surface area contributed by atoms with Gasteiger partial charge < -0.3 is 20.7 Å². The lowest BCUT2D eigenvalue weighted by Crippen LogP contribution is -2.43. The van der Waals surface area contributed by atoms with Crippen LogP contribution in [0.5, 0.6) is 0 Å². The molecule has 1 saturated carbocycles. The van der Waals surface area contributed by atoms with Gasteiger partial charge in [0, 0.05) is 26.7 Å². The molecule has 0 aliphatic heterocycles. The fourth-order valence-electron chi connectivity index (χ4n) is 3.20. The number of carbonyl (C=O) groups excluding carboxylic acids is 1. The normalized spacial score (nSPS) is 15.4. The average Bonchev–Trinajstić information content (AvgIpc) is 2.71. The summed E-state index contributed by atoms with van der Waals surface area (Å²) in [5, 5.41) is 9.19. The lowest BCUT2D eigenvalue weighted by atomic mass is 9.98. The van der Waals surface area contributed by atoms with Gasteiger partial charge in [0.2, 0.25) is 5.91 Å². The van der Waals surface area contributed by atoms with Crippen LogP contribution in [0.1, 0.15) is 44.1 Å². The molecule has 1 fully saturated rings. The van der Waals surface area contributed by atoms with Crippen LogP contribution in [0.3, 0.4) is 0 Å². The van der Waals surface area contributed by atoms with Gasteiger partial charge in [-0.05, 0) is 31.2 Å². The van der Waals surface area contributed by atoms with Crippen LogP contribution in [0.15, 0.2) is 35.3 Å². The quantitative estimate of drug-likeness (QED) is 0.334. The van der Waals surface area contributed by atoms with Gasteiger partial charge in [-0.3, -0.25) is 9.79 Å². The van der Waals surface area contributed by atoms with E-state index in [4.69, 9.17) is 4.74 Å². The SMILES string of the molecule is CN=C(NCCCOC1CCCCC1)NCC(=O)NCCc1ccccc1. The summed E-state index contributed by atoms with van der Waals surface area (Å²) in [6.07, 6.45) is 8.58. The minimum Gasteiger partial charge on any atom is -0.378 e. The van der Waals surface area contributed by atoms with Crippen LogP contribution < -0.4 is 16.0 Å². The highest BCUT2D eigenvalue weighted by molar-refractivity contribution is 5.86. The largest absolute Gasteiger partial charge is 0.378 e. The summed E-state index contributed by atoms with van der Waals surface area (Å²) in [7, 11) is 1.71. The molecule has 1 amide bonds. The number of nitrogens with zero attached hydrogens (tertiary/aromatic N) is 1. The Bertz CT molecular complexity index is 557. The predicted molar refractivity (Wildman–Crippen MR) is 110 cm³/mol. The number of guanidine groups is 1. The van der Waals surface area contributed by atoms with Crippen LogP contribution in [0, 0.1) is 0 Å². The van der Waals surface area contributed by atoms with Gasteiger partial charge in [0.25, 0.3) is 0 Å². The Hall–Kier alpha value is -2.08. The van der Waals surface area contributed by atoms with Gasteiger partial charge >= 0.3 is 0 Å². The second-order valence-corrected chi connectivity index (χ2v) is 6.92. The van der Waals surface area contributed by atoms with E-state index >= 15 is 0 Å². The van der Waals surface area contributed by atoms with Crippen molar-refractivity contribution in [2.75, 3.05) is 33.3 Å². The number of hydrogen-bond donors (Lipinski definition) is 3. The first-order valence-corrected chi connectivity index (χ1v) is 10.1. The first-order valence-electron chi connectivity index (χ1n) is 10.1. The van der Waals surface area contributed by atoms with Crippen molar-refractivity contribution in [2.24, 2.45) is 4.99 Å².